The fourth-order valence-corrected chi connectivity index (χ4v) is 2.65. The van der Waals surface area contributed by atoms with Crippen LogP contribution in [0.3, 0.4) is 0 Å². The van der Waals surface area contributed by atoms with Gasteiger partial charge >= 0.3 is 0 Å². The van der Waals surface area contributed by atoms with E-state index in [2.05, 4.69) is 0 Å². The maximum absolute atomic E-state index is 10.5. The van der Waals surface area contributed by atoms with Gasteiger partial charge in [0.2, 0.25) is 0 Å². The molecule has 2 aromatic carbocycles. The van der Waals surface area contributed by atoms with Crippen molar-refractivity contribution in [2.45, 2.75) is 18.3 Å². The second kappa shape index (κ2) is 3.89. The standard InChI is InChI=1S/C15H17NO2/c1-18-13-4-2-3-11-10(13)5-6-12(14(11)17)15(9-16)7-8-15/h2-6,17H,7-9,16H2,1H3. The molecule has 0 unspecified atom stereocenters. The lowest BCUT2D eigenvalue weighted by Crippen LogP contribution is -2.19. The molecule has 3 nitrogen and oxygen atoms in total. The van der Waals surface area contributed by atoms with Gasteiger partial charge in [0.15, 0.2) is 0 Å². The molecule has 0 amide bonds. The summed E-state index contributed by atoms with van der Waals surface area (Å²) in [6.07, 6.45) is 2.12. The molecule has 94 valence electrons. The van der Waals surface area contributed by atoms with Crippen molar-refractivity contribution in [2.75, 3.05) is 13.7 Å². The Kier molecular flexibility index (Phi) is 2.45. The van der Waals surface area contributed by atoms with Crippen molar-refractivity contribution < 1.29 is 9.84 Å². The second-order valence-corrected chi connectivity index (χ2v) is 5.00. The van der Waals surface area contributed by atoms with Gasteiger partial charge in [0.25, 0.3) is 0 Å². The number of benzene rings is 2. The first-order valence-corrected chi connectivity index (χ1v) is 6.21. The summed E-state index contributed by atoms with van der Waals surface area (Å²) in [7, 11) is 1.64. The molecule has 3 heteroatoms. The van der Waals surface area contributed by atoms with E-state index in [0.29, 0.717) is 12.3 Å². The third-order valence-electron chi connectivity index (χ3n) is 4.03. The molecular formula is C15H17NO2. The zero-order valence-corrected chi connectivity index (χ0v) is 10.4. The number of phenols is 1. The summed E-state index contributed by atoms with van der Waals surface area (Å²) in [6, 6.07) is 9.71. The molecule has 1 fully saturated rings. The number of aromatic hydroxyl groups is 1. The fourth-order valence-electron chi connectivity index (χ4n) is 2.65. The highest BCUT2D eigenvalue weighted by Gasteiger charge is 2.44. The molecule has 18 heavy (non-hydrogen) atoms. The SMILES string of the molecule is COc1cccc2c(O)c(C3(CN)CC3)ccc12. The minimum absolute atomic E-state index is 0.00134. The van der Waals surface area contributed by atoms with Crippen LogP contribution in [0.5, 0.6) is 11.5 Å². The van der Waals surface area contributed by atoms with Gasteiger partial charge < -0.3 is 15.6 Å². The van der Waals surface area contributed by atoms with Crippen molar-refractivity contribution in [2.24, 2.45) is 5.73 Å². The monoisotopic (exact) mass is 243 g/mol. The Morgan fingerprint density at radius 3 is 2.61 bits per heavy atom. The molecule has 3 rings (SSSR count). The van der Waals surface area contributed by atoms with E-state index >= 15 is 0 Å². The molecule has 1 aliphatic rings. The number of rotatable bonds is 3. The normalized spacial score (nSPS) is 16.8. The molecule has 0 atom stereocenters. The first kappa shape index (κ1) is 11.4. The van der Waals surface area contributed by atoms with Crippen molar-refractivity contribution >= 4 is 10.8 Å². The lowest BCUT2D eigenvalue weighted by Gasteiger charge is -2.17. The summed E-state index contributed by atoms with van der Waals surface area (Å²) >= 11 is 0. The van der Waals surface area contributed by atoms with Gasteiger partial charge in [-0.2, -0.15) is 0 Å². The average molecular weight is 243 g/mol. The highest BCUT2D eigenvalue weighted by Crippen LogP contribution is 2.52. The van der Waals surface area contributed by atoms with Gasteiger partial charge in [-0.05, 0) is 18.9 Å². The lowest BCUT2D eigenvalue weighted by molar-refractivity contribution is 0.419. The van der Waals surface area contributed by atoms with Gasteiger partial charge in [-0.1, -0.05) is 24.3 Å². The van der Waals surface area contributed by atoms with Crippen LogP contribution in [0.2, 0.25) is 0 Å². The summed E-state index contributed by atoms with van der Waals surface area (Å²) in [4.78, 5) is 0. The predicted molar refractivity (Wildman–Crippen MR) is 72.1 cm³/mol. The van der Waals surface area contributed by atoms with Gasteiger partial charge in [0.1, 0.15) is 11.5 Å². The van der Waals surface area contributed by atoms with E-state index in [1.54, 1.807) is 7.11 Å². The van der Waals surface area contributed by atoms with Crippen LogP contribution in [0, 0.1) is 0 Å². The van der Waals surface area contributed by atoms with Gasteiger partial charge in [-0.15, -0.1) is 0 Å². The topological polar surface area (TPSA) is 55.5 Å². The second-order valence-electron chi connectivity index (χ2n) is 5.00. The molecule has 3 N–H and O–H groups in total. The van der Waals surface area contributed by atoms with Crippen molar-refractivity contribution in [3.05, 3.63) is 35.9 Å². The summed E-state index contributed by atoms with van der Waals surface area (Å²) in [6.45, 7) is 0.593. The minimum atomic E-state index is 0.00134. The van der Waals surface area contributed by atoms with Crippen LogP contribution < -0.4 is 10.5 Å². The quantitative estimate of drug-likeness (QED) is 0.871. The molecular weight excluding hydrogens is 226 g/mol. The summed E-state index contributed by atoms with van der Waals surface area (Å²) < 4.78 is 5.31. The maximum atomic E-state index is 10.5. The van der Waals surface area contributed by atoms with E-state index in [4.69, 9.17) is 10.5 Å². The summed E-state index contributed by atoms with van der Waals surface area (Å²) in [5, 5.41) is 12.2. The van der Waals surface area contributed by atoms with Crippen LogP contribution in [0.1, 0.15) is 18.4 Å². The number of ether oxygens (including phenoxy) is 1. The molecule has 2 aromatic rings. The third-order valence-corrected chi connectivity index (χ3v) is 4.03. The maximum Gasteiger partial charge on any atom is 0.127 e. The van der Waals surface area contributed by atoms with Crippen molar-refractivity contribution in [1.82, 2.24) is 0 Å². The van der Waals surface area contributed by atoms with E-state index < -0.39 is 0 Å². The first-order chi connectivity index (χ1) is 8.72. The van der Waals surface area contributed by atoms with Crippen LogP contribution in [0.4, 0.5) is 0 Å². The Morgan fingerprint density at radius 2 is 2.00 bits per heavy atom. The van der Waals surface area contributed by atoms with Gasteiger partial charge in [-0.25, -0.2) is 0 Å². The van der Waals surface area contributed by atoms with E-state index in [9.17, 15) is 5.11 Å². The average Bonchev–Trinajstić information content (AvgIpc) is 3.19. The zero-order chi connectivity index (χ0) is 12.8. The molecule has 0 aliphatic heterocycles. The van der Waals surface area contributed by atoms with Crippen molar-refractivity contribution in [3.63, 3.8) is 0 Å². The largest absolute Gasteiger partial charge is 0.507 e. The smallest absolute Gasteiger partial charge is 0.127 e. The Bertz CT molecular complexity index is 603. The molecule has 1 saturated carbocycles. The van der Waals surface area contributed by atoms with Crippen molar-refractivity contribution in [1.29, 1.82) is 0 Å². The van der Waals surface area contributed by atoms with Crippen LogP contribution in [0.25, 0.3) is 10.8 Å². The van der Waals surface area contributed by atoms with Crippen LogP contribution >= 0.6 is 0 Å². The Hall–Kier alpha value is -1.74. The number of fused-ring (bicyclic) bond motifs is 1. The van der Waals surface area contributed by atoms with E-state index in [1.807, 2.05) is 30.3 Å². The predicted octanol–water partition coefficient (Wildman–Crippen LogP) is 2.54. The van der Waals surface area contributed by atoms with E-state index in [0.717, 1.165) is 34.9 Å². The van der Waals surface area contributed by atoms with Gasteiger partial charge in [0.05, 0.1) is 7.11 Å². The first-order valence-electron chi connectivity index (χ1n) is 6.21. The molecule has 0 spiro atoms. The summed E-state index contributed by atoms with van der Waals surface area (Å²) in [5.74, 6) is 1.14. The number of nitrogens with two attached hydrogens (primary N) is 1. The number of phenolic OH excluding ortho intramolecular Hbond substituents is 1. The van der Waals surface area contributed by atoms with Gasteiger partial charge in [-0.3, -0.25) is 0 Å². The molecule has 0 aromatic heterocycles. The minimum Gasteiger partial charge on any atom is -0.507 e. The van der Waals surface area contributed by atoms with Crippen LogP contribution in [-0.4, -0.2) is 18.8 Å². The van der Waals surface area contributed by atoms with Crippen LogP contribution in [-0.2, 0) is 5.41 Å². The fraction of sp³-hybridized carbons (Fsp3) is 0.333. The van der Waals surface area contributed by atoms with Crippen LogP contribution in [0.15, 0.2) is 30.3 Å². The van der Waals surface area contributed by atoms with Gasteiger partial charge in [0, 0.05) is 28.3 Å². The summed E-state index contributed by atoms with van der Waals surface area (Å²) in [5.41, 5.74) is 6.81. The number of methoxy groups -OCH3 is 1. The molecule has 0 bridgehead atoms. The Balaban J connectivity index is 2.24. The third kappa shape index (κ3) is 1.47. The highest BCUT2D eigenvalue weighted by molar-refractivity contribution is 5.94. The number of hydrogen-bond acceptors (Lipinski definition) is 3. The number of hydrogen-bond donors (Lipinski definition) is 2. The van der Waals surface area contributed by atoms with E-state index in [-0.39, 0.29) is 5.41 Å². The zero-order valence-electron chi connectivity index (χ0n) is 10.4. The molecule has 1 aliphatic carbocycles. The molecule has 0 radical (unpaired) electrons. The highest BCUT2D eigenvalue weighted by atomic mass is 16.5. The Morgan fingerprint density at radius 1 is 1.22 bits per heavy atom. The lowest BCUT2D eigenvalue weighted by atomic mass is 9.92. The Labute approximate surface area is 106 Å². The molecule has 0 heterocycles. The van der Waals surface area contributed by atoms with Crippen molar-refractivity contribution in [3.8, 4) is 11.5 Å². The van der Waals surface area contributed by atoms with E-state index in [1.165, 1.54) is 0 Å². The molecule has 0 saturated heterocycles.